The van der Waals surface area contributed by atoms with Crippen LogP contribution in [0.25, 0.3) is 0 Å². The van der Waals surface area contributed by atoms with Crippen molar-refractivity contribution in [3.63, 3.8) is 0 Å². The molecule has 0 radical (unpaired) electrons. The Hall–Kier alpha value is -0.660. The molecule has 0 heterocycles. The van der Waals surface area contributed by atoms with Gasteiger partial charge in [0, 0.05) is 36.0 Å². The third kappa shape index (κ3) is 8.63. The Bertz CT molecular complexity index is 236. The minimum absolute atomic E-state index is 0.182. The number of nitrogens with zero attached hydrogens (tertiary/aromatic N) is 1. The van der Waals surface area contributed by atoms with E-state index < -0.39 is 10.8 Å². The summed E-state index contributed by atoms with van der Waals surface area (Å²) < 4.78 is 15.8. The van der Waals surface area contributed by atoms with Crippen molar-refractivity contribution < 1.29 is 8.95 Å². The second-order valence-corrected chi connectivity index (χ2v) is 5.03. The minimum Gasteiger partial charge on any atom is -0.383 e. The number of ether oxygens (including phenoxy) is 1. The van der Waals surface area contributed by atoms with Gasteiger partial charge in [-0.1, -0.05) is 0 Å². The molecule has 0 saturated heterocycles. The SMILES string of the molecule is COCCN=C(NN)NC(C)CCS(C)=O. The fourth-order valence-corrected chi connectivity index (χ4v) is 1.72. The molecular formula is C9H22N4O2S. The molecule has 0 amide bonds. The zero-order chi connectivity index (χ0) is 12.4. The molecular weight excluding hydrogens is 228 g/mol. The molecule has 16 heavy (non-hydrogen) atoms. The molecule has 0 spiro atoms. The molecule has 0 aromatic carbocycles. The molecule has 0 aliphatic carbocycles. The summed E-state index contributed by atoms with van der Waals surface area (Å²) in [6, 6.07) is 0.182. The maximum atomic E-state index is 10.9. The number of nitrogens with two attached hydrogens (primary N) is 1. The zero-order valence-corrected chi connectivity index (χ0v) is 11.0. The summed E-state index contributed by atoms with van der Waals surface area (Å²) in [4.78, 5) is 4.17. The summed E-state index contributed by atoms with van der Waals surface area (Å²) in [7, 11) is 0.861. The Morgan fingerprint density at radius 3 is 2.81 bits per heavy atom. The molecule has 0 aliphatic rings. The molecule has 6 nitrogen and oxygen atoms in total. The van der Waals surface area contributed by atoms with Gasteiger partial charge < -0.3 is 10.1 Å². The highest BCUT2D eigenvalue weighted by Gasteiger charge is 2.05. The third-order valence-corrected chi connectivity index (χ3v) is 2.73. The number of aliphatic imine (C=N–C) groups is 1. The average molecular weight is 250 g/mol. The van der Waals surface area contributed by atoms with Gasteiger partial charge in [-0.05, 0) is 13.3 Å². The summed E-state index contributed by atoms with van der Waals surface area (Å²) in [5.74, 6) is 6.52. The number of rotatable bonds is 7. The van der Waals surface area contributed by atoms with Gasteiger partial charge in [0.2, 0.25) is 5.96 Å². The fraction of sp³-hybridized carbons (Fsp3) is 0.889. The van der Waals surface area contributed by atoms with Crippen LogP contribution in [0, 0.1) is 0 Å². The Morgan fingerprint density at radius 1 is 1.62 bits per heavy atom. The molecule has 0 fully saturated rings. The normalized spacial score (nSPS) is 15.6. The molecule has 0 bridgehead atoms. The monoisotopic (exact) mass is 250 g/mol. The van der Waals surface area contributed by atoms with Crippen LogP contribution in [0.1, 0.15) is 13.3 Å². The lowest BCUT2D eigenvalue weighted by atomic mass is 10.3. The molecule has 0 aliphatic heterocycles. The molecule has 0 aromatic heterocycles. The third-order valence-electron chi connectivity index (χ3n) is 1.92. The van der Waals surface area contributed by atoms with E-state index in [9.17, 15) is 4.21 Å². The van der Waals surface area contributed by atoms with Gasteiger partial charge in [-0.3, -0.25) is 9.63 Å². The van der Waals surface area contributed by atoms with E-state index in [1.807, 2.05) is 6.92 Å². The van der Waals surface area contributed by atoms with E-state index in [1.54, 1.807) is 13.4 Å². The van der Waals surface area contributed by atoms with Gasteiger partial charge >= 0.3 is 0 Å². The van der Waals surface area contributed by atoms with Crippen LogP contribution in [0.3, 0.4) is 0 Å². The lowest BCUT2D eigenvalue weighted by Gasteiger charge is -2.15. The number of hydrogen-bond donors (Lipinski definition) is 3. The number of hydrazine groups is 1. The maximum Gasteiger partial charge on any atom is 0.206 e. The van der Waals surface area contributed by atoms with E-state index in [0.717, 1.165) is 6.42 Å². The molecule has 96 valence electrons. The number of nitrogens with one attached hydrogen (secondary N) is 2. The predicted octanol–water partition coefficient (Wildman–Crippen LogP) is -0.801. The van der Waals surface area contributed by atoms with E-state index in [-0.39, 0.29) is 6.04 Å². The Morgan fingerprint density at radius 2 is 2.31 bits per heavy atom. The first-order valence-electron chi connectivity index (χ1n) is 5.16. The van der Waals surface area contributed by atoms with E-state index in [2.05, 4.69) is 15.7 Å². The average Bonchev–Trinajstić information content (AvgIpc) is 2.25. The Labute approximate surface area is 99.5 Å². The maximum absolute atomic E-state index is 10.9. The van der Waals surface area contributed by atoms with Crippen molar-refractivity contribution in [1.82, 2.24) is 10.7 Å². The van der Waals surface area contributed by atoms with Crippen molar-refractivity contribution in [3.05, 3.63) is 0 Å². The fourth-order valence-electron chi connectivity index (χ4n) is 1.03. The second-order valence-electron chi connectivity index (χ2n) is 3.48. The second kappa shape index (κ2) is 9.56. The largest absolute Gasteiger partial charge is 0.383 e. The van der Waals surface area contributed by atoms with Gasteiger partial charge in [-0.15, -0.1) is 0 Å². The quantitative estimate of drug-likeness (QED) is 0.181. The molecule has 0 saturated carbocycles. The van der Waals surface area contributed by atoms with E-state index in [1.165, 1.54) is 0 Å². The summed E-state index contributed by atoms with van der Waals surface area (Å²) in [5, 5.41) is 3.10. The van der Waals surface area contributed by atoms with Gasteiger partial charge in [0.1, 0.15) is 0 Å². The van der Waals surface area contributed by atoms with E-state index >= 15 is 0 Å². The number of guanidine groups is 1. The van der Waals surface area contributed by atoms with Gasteiger partial charge in [0.25, 0.3) is 0 Å². The first-order chi connectivity index (χ1) is 7.60. The van der Waals surface area contributed by atoms with E-state index in [4.69, 9.17) is 10.6 Å². The first kappa shape index (κ1) is 15.3. The standard InChI is InChI=1S/C9H22N4O2S/c1-8(4-7-16(3)14)12-9(13-10)11-5-6-15-2/h8H,4-7,10H2,1-3H3,(H2,11,12,13). The predicted molar refractivity (Wildman–Crippen MR) is 67.6 cm³/mol. The number of hydrogen-bond acceptors (Lipinski definition) is 4. The van der Waals surface area contributed by atoms with Gasteiger partial charge in [-0.2, -0.15) is 0 Å². The minimum atomic E-state index is -0.761. The van der Waals surface area contributed by atoms with Crippen LogP contribution in [-0.2, 0) is 15.5 Å². The molecule has 4 N–H and O–H groups in total. The highest BCUT2D eigenvalue weighted by Crippen LogP contribution is 1.92. The van der Waals surface area contributed by atoms with Gasteiger partial charge in [0.05, 0.1) is 13.2 Å². The van der Waals surface area contributed by atoms with Gasteiger partial charge in [0.15, 0.2) is 0 Å². The summed E-state index contributed by atoms with van der Waals surface area (Å²) in [6.07, 6.45) is 2.51. The Kier molecular flexibility index (Phi) is 9.16. The highest BCUT2D eigenvalue weighted by molar-refractivity contribution is 7.84. The summed E-state index contributed by atoms with van der Waals surface area (Å²) >= 11 is 0. The molecule has 0 aromatic rings. The number of methoxy groups -OCH3 is 1. The van der Waals surface area contributed by atoms with Crippen LogP contribution >= 0.6 is 0 Å². The van der Waals surface area contributed by atoms with Crippen molar-refractivity contribution in [2.24, 2.45) is 10.8 Å². The smallest absolute Gasteiger partial charge is 0.206 e. The van der Waals surface area contributed by atoms with Crippen molar-refractivity contribution in [1.29, 1.82) is 0 Å². The van der Waals surface area contributed by atoms with E-state index in [0.29, 0.717) is 24.9 Å². The van der Waals surface area contributed by atoms with Gasteiger partial charge in [-0.25, -0.2) is 10.8 Å². The van der Waals surface area contributed by atoms with Crippen molar-refractivity contribution in [3.8, 4) is 0 Å². The molecule has 2 unspecified atom stereocenters. The molecule has 7 heteroatoms. The lowest BCUT2D eigenvalue weighted by Crippen LogP contribution is -2.46. The van der Waals surface area contributed by atoms with Crippen LogP contribution in [0.2, 0.25) is 0 Å². The van der Waals surface area contributed by atoms with Crippen molar-refractivity contribution in [2.75, 3.05) is 32.3 Å². The summed E-state index contributed by atoms with van der Waals surface area (Å²) in [5.41, 5.74) is 2.49. The topological polar surface area (TPSA) is 88.7 Å². The van der Waals surface area contributed by atoms with Crippen LogP contribution in [0.5, 0.6) is 0 Å². The van der Waals surface area contributed by atoms with Crippen LogP contribution in [-0.4, -0.2) is 48.5 Å². The first-order valence-corrected chi connectivity index (χ1v) is 6.89. The molecule has 0 rings (SSSR count). The van der Waals surface area contributed by atoms with Crippen LogP contribution < -0.4 is 16.6 Å². The van der Waals surface area contributed by atoms with Crippen LogP contribution in [0.15, 0.2) is 4.99 Å². The Balaban J connectivity index is 3.90. The van der Waals surface area contributed by atoms with Crippen molar-refractivity contribution >= 4 is 16.8 Å². The molecule has 2 atom stereocenters. The van der Waals surface area contributed by atoms with Crippen molar-refractivity contribution in [2.45, 2.75) is 19.4 Å². The summed E-state index contributed by atoms with van der Waals surface area (Å²) in [6.45, 7) is 3.10. The lowest BCUT2D eigenvalue weighted by molar-refractivity contribution is 0.208. The zero-order valence-electron chi connectivity index (χ0n) is 10.2. The van der Waals surface area contributed by atoms with Crippen LogP contribution in [0.4, 0.5) is 0 Å². The highest BCUT2D eigenvalue weighted by atomic mass is 32.2.